The topological polar surface area (TPSA) is 78.9 Å². The van der Waals surface area contributed by atoms with Crippen molar-refractivity contribution < 1.29 is 19.4 Å². The number of esters is 1. The number of hydrogen-bond donors (Lipinski definition) is 2. The van der Waals surface area contributed by atoms with Gasteiger partial charge in [0.2, 0.25) is 5.91 Å². The molecule has 142 valence electrons. The number of ether oxygens (including phenoxy) is 1. The van der Waals surface area contributed by atoms with Gasteiger partial charge in [0.1, 0.15) is 6.04 Å². The number of hydrogen-bond acceptors (Lipinski definition) is 5. The second-order valence-electron chi connectivity index (χ2n) is 6.63. The van der Waals surface area contributed by atoms with E-state index in [1.807, 2.05) is 54.6 Å². The fourth-order valence-electron chi connectivity index (χ4n) is 3.43. The maximum Gasteiger partial charge on any atom is 0.323 e. The molecule has 2 aromatic carbocycles. The Kier molecular flexibility index (Phi) is 6.21. The van der Waals surface area contributed by atoms with Crippen LogP contribution in [0.25, 0.3) is 11.1 Å². The summed E-state index contributed by atoms with van der Waals surface area (Å²) in [5, 5.41) is 12.8. The Morgan fingerprint density at radius 2 is 1.85 bits per heavy atom. The minimum Gasteiger partial charge on any atom is -0.468 e. The highest BCUT2D eigenvalue weighted by Gasteiger charge is 2.36. The van der Waals surface area contributed by atoms with Crippen LogP contribution in [0.3, 0.4) is 0 Å². The summed E-state index contributed by atoms with van der Waals surface area (Å²) >= 11 is 0. The number of aliphatic hydroxyl groups is 1. The lowest BCUT2D eigenvalue weighted by Crippen LogP contribution is -2.38. The summed E-state index contributed by atoms with van der Waals surface area (Å²) in [4.78, 5) is 26.1. The molecule has 1 fully saturated rings. The van der Waals surface area contributed by atoms with Crippen molar-refractivity contribution in [3.63, 3.8) is 0 Å². The predicted molar refractivity (Wildman–Crippen MR) is 103 cm³/mol. The summed E-state index contributed by atoms with van der Waals surface area (Å²) in [6.45, 7) is 0.754. The number of amides is 1. The molecule has 1 aliphatic heterocycles. The molecule has 0 bridgehead atoms. The quantitative estimate of drug-likeness (QED) is 0.765. The Hall–Kier alpha value is -2.70. The molecule has 2 atom stereocenters. The number of carbonyl (C=O) groups is 2. The molecule has 2 N–H and O–H groups in total. The maximum absolute atomic E-state index is 12.5. The summed E-state index contributed by atoms with van der Waals surface area (Å²) < 4.78 is 4.79. The van der Waals surface area contributed by atoms with Gasteiger partial charge >= 0.3 is 5.97 Å². The van der Waals surface area contributed by atoms with Crippen molar-refractivity contribution in [2.45, 2.75) is 25.0 Å². The van der Waals surface area contributed by atoms with E-state index in [1.54, 1.807) is 4.90 Å². The zero-order valence-electron chi connectivity index (χ0n) is 15.3. The maximum atomic E-state index is 12.5. The van der Waals surface area contributed by atoms with Crippen molar-refractivity contribution in [1.82, 2.24) is 4.90 Å². The molecule has 0 unspecified atom stereocenters. The Balaban J connectivity index is 1.63. The van der Waals surface area contributed by atoms with Gasteiger partial charge in [-0.25, -0.2) is 0 Å². The highest BCUT2D eigenvalue weighted by molar-refractivity contribution is 5.95. The second-order valence-corrected chi connectivity index (χ2v) is 6.63. The second kappa shape index (κ2) is 8.79. The SMILES string of the molecule is COC(=O)[C@@H]1C[C@@H](O)CN1CCC(=O)Nc1ccccc1-c1ccccc1. The zero-order chi connectivity index (χ0) is 19.2. The standard InChI is InChI=1S/C21H24N2O4/c1-27-21(26)19-13-16(24)14-23(19)12-11-20(25)22-18-10-6-5-9-17(18)15-7-3-2-4-8-15/h2-10,16,19,24H,11-14H2,1H3,(H,22,25)/t16-,19+/m1/s1. The average molecular weight is 368 g/mol. The van der Waals surface area contributed by atoms with Gasteiger partial charge in [-0.15, -0.1) is 0 Å². The first kappa shape index (κ1) is 19.1. The first-order valence-electron chi connectivity index (χ1n) is 9.02. The molecule has 0 aliphatic carbocycles. The molecule has 0 saturated carbocycles. The van der Waals surface area contributed by atoms with E-state index in [0.29, 0.717) is 19.5 Å². The number of aliphatic hydroxyl groups excluding tert-OH is 1. The smallest absolute Gasteiger partial charge is 0.323 e. The number of anilines is 1. The molecule has 0 aromatic heterocycles. The predicted octanol–water partition coefficient (Wildman–Crippen LogP) is 2.29. The van der Waals surface area contributed by atoms with Crippen LogP contribution in [0.4, 0.5) is 5.69 Å². The van der Waals surface area contributed by atoms with Crippen LogP contribution in [0.1, 0.15) is 12.8 Å². The lowest BCUT2D eigenvalue weighted by atomic mass is 10.0. The van der Waals surface area contributed by atoms with Gasteiger partial charge in [-0.2, -0.15) is 0 Å². The Morgan fingerprint density at radius 1 is 1.15 bits per heavy atom. The normalized spacial score (nSPS) is 19.6. The van der Waals surface area contributed by atoms with E-state index in [2.05, 4.69) is 5.32 Å². The fourth-order valence-corrected chi connectivity index (χ4v) is 3.43. The van der Waals surface area contributed by atoms with E-state index in [9.17, 15) is 14.7 Å². The molecule has 2 aromatic rings. The third-order valence-electron chi connectivity index (χ3n) is 4.77. The van der Waals surface area contributed by atoms with Crippen LogP contribution in [-0.2, 0) is 14.3 Å². The van der Waals surface area contributed by atoms with Crippen LogP contribution in [0, 0.1) is 0 Å². The summed E-state index contributed by atoms with van der Waals surface area (Å²) in [6, 6.07) is 17.0. The Morgan fingerprint density at radius 3 is 2.59 bits per heavy atom. The molecule has 6 heteroatoms. The summed E-state index contributed by atoms with van der Waals surface area (Å²) in [6.07, 6.45) is -0.00922. The lowest BCUT2D eigenvalue weighted by Gasteiger charge is -2.21. The van der Waals surface area contributed by atoms with Crippen molar-refractivity contribution in [2.75, 3.05) is 25.5 Å². The fraction of sp³-hybridized carbons (Fsp3) is 0.333. The number of para-hydroxylation sites is 1. The highest BCUT2D eigenvalue weighted by Crippen LogP contribution is 2.27. The third kappa shape index (κ3) is 4.72. The van der Waals surface area contributed by atoms with Crippen LogP contribution in [0.15, 0.2) is 54.6 Å². The van der Waals surface area contributed by atoms with Crippen molar-refractivity contribution in [3.8, 4) is 11.1 Å². The molecule has 0 spiro atoms. The molecular formula is C21H24N2O4. The van der Waals surface area contributed by atoms with Crippen molar-refractivity contribution in [2.24, 2.45) is 0 Å². The Bertz CT molecular complexity index is 794. The lowest BCUT2D eigenvalue weighted by molar-refractivity contribution is -0.146. The number of carbonyl (C=O) groups excluding carboxylic acids is 2. The van der Waals surface area contributed by atoms with Gasteiger partial charge < -0.3 is 15.2 Å². The average Bonchev–Trinajstić information content (AvgIpc) is 3.07. The molecule has 0 radical (unpaired) electrons. The van der Waals surface area contributed by atoms with E-state index < -0.39 is 12.1 Å². The first-order chi connectivity index (χ1) is 13.1. The van der Waals surface area contributed by atoms with Gasteiger partial charge in [-0.05, 0) is 11.6 Å². The zero-order valence-corrected chi connectivity index (χ0v) is 15.3. The van der Waals surface area contributed by atoms with Gasteiger partial charge in [-0.1, -0.05) is 48.5 Å². The van der Waals surface area contributed by atoms with E-state index >= 15 is 0 Å². The van der Waals surface area contributed by atoms with E-state index in [1.165, 1.54) is 7.11 Å². The van der Waals surface area contributed by atoms with Gasteiger partial charge in [0.05, 0.1) is 13.2 Å². The third-order valence-corrected chi connectivity index (χ3v) is 4.77. The summed E-state index contributed by atoms with van der Waals surface area (Å²) in [7, 11) is 1.33. The van der Waals surface area contributed by atoms with Gasteiger partial charge in [-0.3, -0.25) is 14.5 Å². The monoisotopic (exact) mass is 368 g/mol. The van der Waals surface area contributed by atoms with Crippen molar-refractivity contribution in [3.05, 3.63) is 54.6 Å². The minimum atomic E-state index is -0.573. The van der Waals surface area contributed by atoms with Crippen LogP contribution >= 0.6 is 0 Å². The van der Waals surface area contributed by atoms with E-state index in [-0.39, 0.29) is 18.3 Å². The molecule has 1 aliphatic rings. The summed E-state index contributed by atoms with van der Waals surface area (Å²) in [5.74, 6) is -0.509. The van der Waals surface area contributed by atoms with Crippen LogP contribution in [0.2, 0.25) is 0 Å². The number of rotatable bonds is 6. The molecule has 1 heterocycles. The minimum absolute atomic E-state index is 0.136. The van der Waals surface area contributed by atoms with Gasteiger partial charge in [0, 0.05) is 37.2 Å². The number of nitrogens with zero attached hydrogens (tertiary/aromatic N) is 1. The number of nitrogens with one attached hydrogen (secondary N) is 1. The number of methoxy groups -OCH3 is 1. The van der Waals surface area contributed by atoms with Gasteiger partial charge in [0.25, 0.3) is 0 Å². The Labute approximate surface area is 158 Å². The van der Waals surface area contributed by atoms with Crippen molar-refractivity contribution >= 4 is 17.6 Å². The van der Waals surface area contributed by atoms with Crippen LogP contribution < -0.4 is 5.32 Å². The number of benzene rings is 2. The molecule has 1 amide bonds. The molecule has 27 heavy (non-hydrogen) atoms. The first-order valence-corrected chi connectivity index (χ1v) is 9.02. The van der Waals surface area contributed by atoms with E-state index in [0.717, 1.165) is 16.8 Å². The van der Waals surface area contributed by atoms with Crippen molar-refractivity contribution in [1.29, 1.82) is 0 Å². The van der Waals surface area contributed by atoms with Crippen LogP contribution in [-0.4, -0.2) is 54.2 Å². The van der Waals surface area contributed by atoms with Crippen LogP contribution in [0.5, 0.6) is 0 Å². The summed E-state index contributed by atoms with van der Waals surface area (Å²) in [5.41, 5.74) is 2.73. The van der Waals surface area contributed by atoms with Gasteiger partial charge in [0.15, 0.2) is 0 Å². The van der Waals surface area contributed by atoms with E-state index in [4.69, 9.17) is 4.74 Å². The highest BCUT2D eigenvalue weighted by atomic mass is 16.5. The molecule has 6 nitrogen and oxygen atoms in total. The number of likely N-dealkylation sites (tertiary alicyclic amines) is 1. The molecule has 1 saturated heterocycles. The molecular weight excluding hydrogens is 344 g/mol. The largest absolute Gasteiger partial charge is 0.468 e. The number of β-amino-alcohol motifs (C(OH)–C–C–N with tert-alkyl or cyclic N) is 1. The molecule has 3 rings (SSSR count).